The minimum Gasteiger partial charge on any atom is -0.394 e. The Bertz CT molecular complexity index is 394. The molecule has 1 amide bonds. The summed E-state index contributed by atoms with van der Waals surface area (Å²) in [4.78, 5) is 11.9. The van der Waals surface area contributed by atoms with Gasteiger partial charge in [0, 0.05) is 5.56 Å². The molecule has 0 saturated carbocycles. The number of halogens is 1. The molecule has 1 rings (SSSR count). The number of aliphatic hydroxyl groups is 1. The summed E-state index contributed by atoms with van der Waals surface area (Å²) in [6.45, 7) is 5.19. The topological polar surface area (TPSA) is 49.3 Å². The average Bonchev–Trinajstić information content (AvgIpc) is 2.27. The zero-order valence-electron chi connectivity index (χ0n) is 10.4. The summed E-state index contributed by atoms with van der Waals surface area (Å²) in [5.74, 6) is -0.802. The Hall–Kier alpha value is -1.42. The molecule has 4 heteroatoms. The van der Waals surface area contributed by atoms with Crippen LogP contribution in [0.4, 0.5) is 4.39 Å². The van der Waals surface area contributed by atoms with Crippen molar-refractivity contribution in [3.05, 3.63) is 35.1 Å². The van der Waals surface area contributed by atoms with E-state index in [-0.39, 0.29) is 18.1 Å². The predicted molar refractivity (Wildman–Crippen MR) is 64.4 cm³/mol. The Morgan fingerprint density at radius 3 is 2.59 bits per heavy atom. The number of carbonyl (C=O) groups excluding carboxylic acids is 1. The number of hydrogen-bond donors (Lipinski definition) is 2. The van der Waals surface area contributed by atoms with Crippen LogP contribution < -0.4 is 5.32 Å². The van der Waals surface area contributed by atoms with E-state index in [1.54, 1.807) is 19.9 Å². The second-order valence-corrected chi connectivity index (χ2v) is 4.54. The number of nitrogens with one attached hydrogen (secondary N) is 1. The molecule has 1 unspecified atom stereocenters. The fraction of sp³-hybridized carbons (Fsp3) is 0.462. The van der Waals surface area contributed by atoms with Gasteiger partial charge in [-0.15, -0.1) is 0 Å². The van der Waals surface area contributed by atoms with Crippen LogP contribution >= 0.6 is 0 Å². The third kappa shape index (κ3) is 3.53. The minimum absolute atomic E-state index is 0.149. The van der Waals surface area contributed by atoms with Crippen molar-refractivity contribution >= 4 is 5.91 Å². The molecule has 0 aromatic heterocycles. The van der Waals surface area contributed by atoms with E-state index in [9.17, 15) is 14.3 Å². The zero-order chi connectivity index (χ0) is 13.1. The van der Waals surface area contributed by atoms with Gasteiger partial charge in [0.15, 0.2) is 0 Å². The second kappa shape index (κ2) is 5.27. The Morgan fingerprint density at radius 2 is 2.12 bits per heavy atom. The number of aliphatic hydroxyl groups excluding tert-OH is 1. The first kappa shape index (κ1) is 13.6. The lowest BCUT2D eigenvalue weighted by Gasteiger charge is -2.27. The summed E-state index contributed by atoms with van der Waals surface area (Å²) in [6, 6.07) is 4.17. The molecule has 0 fully saturated rings. The molecule has 1 aromatic rings. The Kier molecular flexibility index (Phi) is 4.23. The van der Waals surface area contributed by atoms with Crippen LogP contribution in [-0.2, 0) is 0 Å². The number of aryl methyl sites for hydroxylation is 1. The van der Waals surface area contributed by atoms with Gasteiger partial charge in [-0.25, -0.2) is 4.39 Å². The lowest BCUT2D eigenvalue weighted by molar-refractivity contribution is 0.0847. The van der Waals surface area contributed by atoms with Crippen LogP contribution in [0, 0.1) is 12.7 Å². The van der Waals surface area contributed by atoms with Crippen molar-refractivity contribution in [2.24, 2.45) is 0 Å². The van der Waals surface area contributed by atoms with Crippen molar-refractivity contribution in [2.75, 3.05) is 6.61 Å². The molecule has 1 atom stereocenters. The van der Waals surface area contributed by atoms with Crippen molar-refractivity contribution in [1.29, 1.82) is 0 Å². The third-order valence-corrected chi connectivity index (χ3v) is 2.85. The summed E-state index contributed by atoms with van der Waals surface area (Å²) in [5.41, 5.74) is 0.296. The molecule has 2 N–H and O–H groups in total. The molecule has 0 spiro atoms. The fourth-order valence-electron chi connectivity index (χ4n) is 1.45. The summed E-state index contributed by atoms with van der Waals surface area (Å²) in [5, 5.41) is 11.9. The van der Waals surface area contributed by atoms with E-state index in [4.69, 9.17) is 0 Å². The third-order valence-electron chi connectivity index (χ3n) is 2.85. The van der Waals surface area contributed by atoms with E-state index in [1.807, 2.05) is 6.92 Å². The Balaban J connectivity index is 2.90. The van der Waals surface area contributed by atoms with Gasteiger partial charge in [-0.2, -0.15) is 0 Å². The molecule has 1 aromatic carbocycles. The highest BCUT2D eigenvalue weighted by molar-refractivity contribution is 5.94. The van der Waals surface area contributed by atoms with E-state index in [0.717, 1.165) is 0 Å². The first-order chi connectivity index (χ1) is 7.90. The van der Waals surface area contributed by atoms with Gasteiger partial charge in [0.25, 0.3) is 5.91 Å². The molecule has 0 aliphatic carbocycles. The standard InChI is InChI=1S/C13H18FNO2/c1-4-13(3,8-16)15-12(17)10-5-9(2)6-11(14)7-10/h5-7,16H,4,8H2,1-3H3,(H,15,17). The molecule has 0 heterocycles. The van der Waals surface area contributed by atoms with Crippen LogP contribution in [-0.4, -0.2) is 23.2 Å². The van der Waals surface area contributed by atoms with Crippen LogP contribution in [0.2, 0.25) is 0 Å². The van der Waals surface area contributed by atoms with Gasteiger partial charge in [-0.1, -0.05) is 6.92 Å². The predicted octanol–water partition coefficient (Wildman–Crippen LogP) is 2.02. The maximum atomic E-state index is 13.2. The first-order valence-corrected chi connectivity index (χ1v) is 5.61. The highest BCUT2D eigenvalue weighted by atomic mass is 19.1. The molecule has 94 valence electrons. The molecule has 0 saturated heterocycles. The van der Waals surface area contributed by atoms with Gasteiger partial charge in [0.05, 0.1) is 12.1 Å². The summed E-state index contributed by atoms with van der Waals surface area (Å²) < 4.78 is 13.2. The smallest absolute Gasteiger partial charge is 0.251 e. The SMILES string of the molecule is CCC(C)(CO)NC(=O)c1cc(C)cc(F)c1. The molecule has 0 radical (unpaired) electrons. The van der Waals surface area contributed by atoms with Gasteiger partial charge in [0.2, 0.25) is 0 Å². The number of amides is 1. The molecule has 3 nitrogen and oxygen atoms in total. The normalized spacial score (nSPS) is 14.2. The van der Waals surface area contributed by atoms with Crippen molar-refractivity contribution < 1.29 is 14.3 Å². The lowest BCUT2D eigenvalue weighted by Crippen LogP contribution is -2.48. The summed E-state index contributed by atoms with van der Waals surface area (Å²) in [6.07, 6.45) is 0.601. The van der Waals surface area contributed by atoms with Crippen LogP contribution in [0.3, 0.4) is 0 Å². The van der Waals surface area contributed by atoms with Crippen LogP contribution in [0.5, 0.6) is 0 Å². The van der Waals surface area contributed by atoms with Gasteiger partial charge >= 0.3 is 0 Å². The van der Waals surface area contributed by atoms with Crippen LogP contribution in [0.15, 0.2) is 18.2 Å². The number of rotatable bonds is 4. The average molecular weight is 239 g/mol. The molecule has 0 aliphatic heterocycles. The van der Waals surface area contributed by atoms with E-state index in [0.29, 0.717) is 12.0 Å². The summed E-state index contributed by atoms with van der Waals surface area (Å²) >= 11 is 0. The molecule has 0 bridgehead atoms. The maximum absolute atomic E-state index is 13.2. The zero-order valence-corrected chi connectivity index (χ0v) is 10.4. The lowest BCUT2D eigenvalue weighted by atomic mass is 9.99. The fourth-order valence-corrected chi connectivity index (χ4v) is 1.45. The molecule has 0 aliphatic rings. The molecular formula is C13H18FNO2. The highest BCUT2D eigenvalue weighted by Gasteiger charge is 2.23. The maximum Gasteiger partial charge on any atom is 0.251 e. The van der Waals surface area contributed by atoms with E-state index < -0.39 is 11.4 Å². The van der Waals surface area contributed by atoms with E-state index >= 15 is 0 Å². The molecule has 17 heavy (non-hydrogen) atoms. The van der Waals surface area contributed by atoms with Crippen LogP contribution in [0.1, 0.15) is 36.2 Å². The quantitative estimate of drug-likeness (QED) is 0.844. The first-order valence-electron chi connectivity index (χ1n) is 5.61. The second-order valence-electron chi connectivity index (χ2n) is 4.54. The van der Waals surface area contributed by atoms with Gasteiger partial charge < -0.3 is 10.4 Å². The monoisotopic (exact) mass is 239 g/mol. The number of carbonyl (C=O) groups is 1. The minimum atomic E-state index is -0.669. The summed E-state index contributed by atoms with van der Waals surface area (Å²) in [7, 11) is 0. The largest absolute Gasteiger partial charge is 0.394 e. The molecular weight excluding hydrogens is 221 g/mol. The van der Waals surface area contributed by atoms with Gasteiger partial charge in [-0.3, -0.25) is 4.79 Å². The Morgan fingerprint density at radius 1 is 1.47 bits per heavy atom. The van der Waals surface area contributed by atoms with Gasteiger partial charge in [0.1, 0.15) is 5.82 Å². The van der Waals surface area contributed by atoms with Crippen molar-refractivity contribution in [3.63, 3.8) is 0 Å². The Labute approximate surface area is 101 Å². The van der Waals surface area contributed by atoms with E-state index in [2.05, 4.69) is 5.32 Å². The highest BCUT2D eigenvalue weighted by Crippen LogP contribution is 2.12. The van der Waals surface area contributed by atoms with E-state index in [1.165, 1.54) is 12.1 Å². The number of hydrogen-bond acceptors (Lipinski definition) is 2. The van der Waals surface area contributed by atoms with Gasteiger partial charge in [-0.05, 0) is 44.0 Å². The van der Waals surface area contributed by atoms with Crippen molar-refractivity contribution in [3.8, 4) is 0 Å². The van der Waals surface area contributed by atoms with Crippen LogP contribution in [0.25, 0.3) is 0 Å². The number of benzene rings is 1. The van der Waals surface area contributed by atoms with Crippen molar-refractivity contribution in [1.82, 2.24) is 5.32 Å². The van der Waals surface area contributed by atoms with Crippen molar-refractivity contribution in [2.45, 2.75) is 32.7 Å².